The number of unbranched alkanes of at least 4 members (excludes halogenated alkanes) is 3. The summed E-state index contributed by atoms with van der Waals surface area (Å²) in [5.74, 6) is -1.48. The largest absolute Gasteiger partial charge is 0.299 e. The zero-order valence-electron chi connectivity index (χ0n) is 9.98. The molecule has 0 fully saturated rings. The lowest BCUT2D eigenvalue weighted by atomic mass is 10.2. The van der Waals surface area contributed by atoms with Gasteiger partial charge in [-0.3, -0.25) is 17.2 Å². The Morgan fingerprint density at radius 2 is 1.75 bits per heavy atom. The topological polar surface area (TPSA) is 115 Å². The monoisotopic (exact) mass is 237 g/mol. The highest BCUT2D eigenvalue weighted by Gasteiger charge is 2.24. The van der Waals surface area contributed by atoms with Crippen LogP contribution in [0.2, 0.25) is 0 Å². The molecule has 0 aromatic rings. The second-order valence-electron chi connectivity index (χ2n) is 3.76. The third-order valence-corrected chi connectivity index (χ3v) is 2.04. The Hall–Kier alpha value is -0.280. The van der Waals surface area contributed by atoms with E-state index in [0.29, 0.717) is 6.61 Å². The van der Waals surface area contributed by atoms with Crippen molar-refractivity contribution in [1.82, 2.24) is 0 Å². The summed E-state index contributed by atoms with van der Waals surface area (Å²) >= 11 is 0. The molecule has 0 amide bonds. The van der Waals surface area contributed by atoms with E-state index in [4.69, 9.17) is 17.2 Å². The van der Waals surface area contributed by atoms with E-state index >= 15 is 0 Å². The molecule has 0 spiro atoms. The zero-order chi connectivity index (χ0) is 12.4. The molecule has 16 heavy (non-hydrogen) atoms. The van der Waals surface area contributed by atoms with Gasteiger partial charge in [-0.25, -0.2) is 4.89 Å². The summed E-state index contributed by atoms with van der Waals surface area (Å²) in [5, 5.41) is 8.56. The van der Waals surface area contributed by atoms with Crippen molar-refractivity contribution in [2.75, 3.05) is 6.61 Å². The first kappa shape index (κ1) is 15.7. The van der Waals surface area contributed by atoms with E-state index in [-0.39, 0.29) is 0 Å². The Morgan fingerprint density at radius 1 is 1.06 bits per heavy atom. The molecule has 0 aliphatic carbocycles. The minimum Gasteiger partial charge on any atom is -0.299 e. The lowest BCUT2D eigenvalue weighted by molar-refractivity contribution is -0.643. The second-order valence-corrected chi connectivity index (χ2v) is 3.76. The van der Waals surface area contributed by atoms with Gasteiger partial charge < -0.3 is 0 Å². The highest BCUT2D eigenvalue weighted by atomic mass is 17.7. The Labute approximate surface area is 95.9 Å². The highest BCUT2D eigenvalue weighted by molar-refractivity contribution is 4.74. The number of hydrogen-bond donors (Lipinski definition) is 3. The van der Waals surface area contributed by atoms with Gasteiger partial charge in [0.2, 0.25) is 0 Å². The van der Waals surface area contributed by atoms with E-state index in [2.05, 4.69) is 26.8 Å². The molecule has 1 atom stereocenters. The van der Waals surface area contributed by atoms with Crippen LogP contribution in [0.4, 0.5) is 0 Å². The van der Waals surface area contributed by atoms with E-state index in [1.807, 2.05) is 0 Å². The van der Waals surface area contributed by atoms with Crippen LogP contribution in [0.1, 0.15) is 39.5 Å². The molecule has 0 saturated carbocycles. The number of rotatable bonds is 10. The van der Waals surface area contributed by atoms with Crippen molar-refractivity contribution in [3.63, 3.8) is 0 Å². The van der Waals surface area contributed by atoms with Crippen molar-refractivity contribution in [3.8, 4) is 0 Å². The van der Waals surface area contributed by atoms with Gasteiger partial charge in [-0.1, -0.05) is 26.2 Å². The summed E-state index contributed by atoms with van der Waals surface area (Å²) < 4.78 is 0. The Balaban J connectivity index is 3.21. The highest BCUT2D eigenvalue weighted by Crippen LogP contribution is 2.01. The predicted molar refractivity (Wildman–Crippen MR) is 58.1 cm³/mol. The van der Waals surface area contributed by atoms with E-state index < -0.39 is 11.9 Å². The van der Waals surface area contributed by atoms with Gasteiger partial charge in [-0.15, -0.1) is 0 Å². The number of hydrogen-bond acceptors (Lipinski definition) is 7. The second kappa shape index (κ2) is 8.82. The normalized spacial score (nSPS) is 14.1. The summed E-state index contributed by atoms with van der Waals surface area (Å²) in [5.41, 5.74) is 16.0. The van der Waals surface area contributed by atoms with Crippen molar-refractivity contribution in [3.05, 3.63) is 0 Å². The van der Waals surface area contributed by atoms with Crippen LogP contribution >= 0.6 is 0 Å². The summed E-state index contributed by atoms with van der Waals surface area (Å²) in [6.07, 6.45) is 3.61. The maximum Gasteiger partial charge on any atom is 0.146 e. The molecule has 1 unspecified atom stereocenters. The molecule has 0 bridgehead atoms. The molecule has 0 heterocycles. The van der Waals surface area contributed by atoms with Crippen LogP contribution in [0.5, 0.6) is 0 Å². The molecule has 0 radical (unpaired) electrons. The predicted octanol–water partition coefficient (Wildman–Crippen LogP) is 0.297. The molecule has 7 heteroatoms. The first-order valence-electron chi connectivity index (χ1n) is 5.46. The van der Waals surface area contributed by atoms with Gasteiger partial charge in [0.25, 0.3) is 0 Å². The quantitative estimate of drug-likeness (QED) is 0.216. The van der Waals surface area contributed by atoms with Gasteiger partial charge in [0.05, 0.1) is 6.61 Å². The molecule has 0 aromatic carbocycles. The molecule has 0 rings (SSSR count). The molecule has 0 aliphatic heterocycles. The molecular formula is C9H23N3O4. The third-order valence-electron chi connectivity index (χ3n) is 2.04. The fourth-order valence-electron chi connectivity index (χ4n) is 0.800. The van der Waals surface area contributed by atoms with Crippen LogP contribution in [0.25, 0.3) is 0 Å². The lowest BCUT2D eigenvalue weighted by Gasteiger charge is -2.23. The molecule has 7 nitrogen and oxygen atoms in total. The lowest BCUT2D eigenvalue weighted by Crippen LogP contribution is -2.65. The summed E-state index contributed by atoms with van der Waals surface area (Å²) in [7, 11) is 0. The van der Waals surface area contributed by atoms with Crippen molar-refractivity contribution < 1.29 is 19.9 Å². The van der Waals surface area contributed by atoms with Gasteiger partial charge in [0.1, 0.15) is 11.9 Å². The van der Waals surface area contributed by atoms with Crippen LogP contribution in [0, 0.1) is 0 Å². The molecule has 0 aromatic heterocycles. The van der Waals surface area contributed by atoms with Crippen LogP contribution in [-0.2, 0) is 19.9 Å². The van der Waals surface area contributed by atoms with Crippen LogP contribution in [0.3, 0.4) is 0 Å². The zero-order valence-corrected chi connectivity index (χ0v) is 9.98. The minimum atomic E-state index is -1.48. The summed E-state index contributed by atoms with van der Waals surface area (Å²) in [6.45, 7) is 4.12. The minimum absolute atomic E-state index is 0.441. The SMILES string of the molecule is CCCCCCOOOOC(C)C(N)(N)N. The standard InChI is InChI=1S/C9H23N3O4/c1-3-4-5-6-7-13-15-16-14-8(2)9(10,11)12/h8H,3-7,10-12H2,1-2H3. The Bertz CT molecular complexity index is 163. The maximum atomic E-state index is 5.33. The van der Waals surface area contributed by atoms with Crippen molar-refractivity contribution >= 4 is 0 Å². The Kier molecular flexibility index (Phi) is 8.67. The van der Waals surface area contributed by atoms with E-state index in [0.717, 1.165) is 12.8 Å². The van der Waals surface area contributed by atoms with Gasteiger partial charge in [0.15, 0.2) is 0 Å². The van der Waals surface area contributed by atoms with Crippen molar-refractivity contribution in [1.29, 1.82) is 0 Å². The van der Waals surface area contributed by atoms with Crippen LogP contribution < -0.4 is 17.2 Å². The van der Waals surface area contributed by atoms with E-state index in [1.54, 1.807) is 6.92 Å². The van der Waals surface area contributed by atoms with Gasteiger partial charge in [0, 0.05) is 0 Å². The molecule has 98 valence electrons. The average molecular weight is 237 g/mol. The van der Waals surface area contributed by atoms with Gasteiger partial charge in [-0.05, 0) is 23.4 Å². The first-order chi connectivity index (χ1) is 7.48. The maximum absolute atomic E-state index is 5.33. The van der Waals surface area contributed by atoms with Crippen LogP contribution in [-0.4, -0.2) is 18.5 Å². The van der Waals surface area contributed by atoms with Gasteiger partial charge in [-0.2, -0.15) is 4.89 Å². The van der Waals surface area contributed by atoms with E-state index in [1.165, 1.54) is 12.8 Å². The smallest absolute Gasteiger partial charge is 0.146 e. The van der Waals surface area contributed by atoms with Gasteiger partial charge >= 0.3 is 0 Å². The molecule has 0 aliphatic rings. The fourth-order valence-corrected chi connectivity index (χ4v) is 0.800. The third kappa shape index (κ3) is 8.98. The van der Waals surface area contributed by atoms with Crippen molar-refractivity contribution in [2.45, 2.75) is 51.4 Å². The van der Waals surface area contributed by atoms with Crippen LogP contribution in [0.15, 0.2) is 0 Å². The summed E-state index contributed by atoms with van der Waals surface area (Å²) in [6, 6.07) is 0. The Morgan fingerprint density at radius 3 is 2.31 bits per heavy atom. The fraction of sp³-hybridized carbons (Fsp3) is 1.00. The molecule has 0 saturated heterocycles. The average Bonchev–Trinajstić information content (AvgIpc) is 2.20. The first-order valence-corrected chi connectivity index (χ1v) is 5.46. The van der Waals surface area contributed by atoms with Crippen molar-refractivity contribution in [2.24, 2.45) is 17.2 Å². The van der Waals surface area contributed by atoms with E-state index in [9.17, 15) is 0 Å². The molecular weight excluding hydrogens is 214 g/mol. The molecule has 6 N–H and O–H groups in total. The summed E-state index contributed by atoms with van der Waals surface area (Å²) in [4.78, 5) is 9.29. The number of nitrogens with two attached hydrogens (primary N) is 3.